The molecule has 0 fully saturated rings. The van der Waals surface area contributed by atoms with E-state index in [4.69, 9.17) is 0 Å². The second-order valence-corrected chi connectivity index (χ2v) is 6.22. The average Bonchev–Trinajstić information content (AvgIpc) is 3.24. The van der Waals surface area contributed by atoms with Crippen LogP contribution in [0.4, 0.5) is 10.2 Å². The molecule has 1 unspecified atom stereocenters. The molecule has 0 bridgehead atoms. The number of nitrogens with zero attached hydrogens (tertiary/aromatic N) is 4. The molecule has 4 rings (SSSR count). The van der Waals surface area contributed by atoms with Crippen LogP contribution in [0.5, 0.6) is 0 Å². The molecule has 0 aliphatic heterocycles. The summed E-state index contributed by atoms with van der Waals surface area (Å²) < 4.78 is 14.8. The Kier molecular flexibility index (Phi) is 4.61. The molecule has 0 saturated carbocycles. The van der Waals surface area contributed by atoms with E-state index in [-0.39, 0.29) is 11.9 Å². The summed E-state index contributed by atoms with van der Waals surface area (Å²) in [6.45, 7) is 2.07. The van der Waals surface area contributed by atoms with Crippen LogP contribution in [0.2, 0.25) is 0 Å². The second-order valence-electron chi connectivity index (χ2n) is 6.22. The lowest BCUT2D eigenvalue weighted by Gasteiger charge is -2.15. The molecule has 1 N–H and O–H groups in total. The van der Waals surface area contributed by atoms with Gasteiger partial charge in [-0.05, 0) is 67.1 Å². The van der Waals surface area contributed by atoms with Gasteiger partial charge in [-0.1, -0.05) is 12.1 Å². The van der Waals surface area contributed by atoms with Crippen molar-refractivity contribution in [2.75, 3.05) is 5.32 Å². The molecule has 4 aromatic rings. The number of anilines is 1. The van der Waals surface area contributed by atoms with E-state index in [1.807, 2.05) is 41.2 Å². The summed E-state index contributed by atoms with van der Waals surface area (Å²) in [6, 6.07) is 20.1. The van der Waals surface area contributed by atoms with Gasteiger partial charge in [-0.3, -0.25) is 0 Å². The van der Waals surface area contributed by atoms with Crippen LogP contribution in [0.25, 0.3) is 16.9 Å². The molecular formula is C21H18FN5. The van der Waals surface area contributed by atoms with Gasteiger partial charge in [-0.15, -0.1) is 10.2 Å². The summed E-state index contributed by atoms with van der Waals surface area (Å²) in [5.41, 5.74) is 3.68. The van der Waals surface area contributed by atoms with E-state index >= 15 is 0 Å². The van der Waals surface area contributed by atoms with Crippen molar-refractivity contribution in [3.05, 3.63) is 90.5 Å². The minimum absolute atomic E-state index is 0.0719. The number of nitrogens with one attached hydrogen (secondary N) is 1. The van der Waals surface area contributed by atoms with E-state index in [1.54, 1.807) is 18.3 Å². The van der Waals surface area contributed by atoms with Crippen molar-refractivity contribution in [3.8, 4) is 16.9 Å². The van der Waals surface area contributed by atoms with Crippen LogP contribution < -0.4 is 5.32 Å². The van der Waals surface area contributed by atoms with Gasteiger partial charge in [0.2, 0.25) is 0 Å². The summed E-state index contributed by atoms with van der Waals surface area (Å²) in [5, 5.41) is 16.0. The average molecular weight is 359 g/mol. The van der Waals surface area contributed by atoms with Gasteiger partial charge in [0.1, 0.15) is 11.6 Å². The Hall–Kier alpha value is -3.54. The predicted molar refractivity (Wildman–Crippen MR) is 103 cm³/mol. The standard InChI is InChI=1S/C21H18FN5/c1-15(16-5-9-19(10-6-16)27-14-2-13-23-27)24-21-12-11-20(25-26-21)17-3-7-18(22)8-4-17/h2-15H,1H3,(H,24,26). The highest BCUT2D eigenvalue weighted by Gasteiger charge is 2.08. The molecule has 27 heavy (non-hydrogen) atoms. The maximum absolute atomic E-state index is 13.0. The van der Waals surface area contributed by atoms with Gasteiger partial charge in [0.25, 0.3) is 0 Å². The van der Waals surface area contributed by atoms with Crippen molar-refractivity contribution in [1.82, 2.24) is 20.0 Å². The molecule has 0 amide bonds. The van der Waals surface area contributed by atoms with Crippen molar-refractivity contribution in [2.24, 2.45) is 0 Å². The fourth-order valence-electron chi connectivity index (χ4n) is 2.83. The highest BCUT2D eigenvalue weighted by atomic mass is 19.1. The zero-order valence-corrected chi connectivity index (χ0v) is 14.7. The van der Waals surface area contributed by atoms with E-state index in [1.165, 1.54) is 12.1 Å². The normalized spacial score (nSPS) is 11.9. The van der Waals surface area contributed by atoms with Crippen LogP contribution in [0.1, 0.15) is 18.5 Å². The van der Waals surface area contributed by atoms with E-state index in [0.29, 0.717) is 11.5 Å². The maximum atomic E-state index is 13.0. The summed E-state index contributed by atoms with van der Waals surface area (Å²) in [4.78, 5) is 0. The van der Waals surface area contributed by atoms with Crippen LogP contribution in [0, 0.1) is 5.82 Å². The summed E-state index contributed by atoms with van der Waals surface area (Å²) >= 11 is 0. The van der Waals surface area contributed by atoms with Crippen LogP contribution in [-0.4, -0.2) is 20.0 Å². The number of hydrogen-bond acceptors (Lipinski definition) is 4. The lowest BCUT2D eigenvalue weighted by atomic mass is 10.1. The Morgan fingerprint density at radius 1 is 0.926 bits per heavy atom. The van der Waals surface area contributed by atoms with Gasteiger partial charge in [0.15, 0.2) is 0 Å². The lowest BCUT2D eigenvalue weighted by Crippen LogP contribution is -2.08. The topological polar surface area (TPSA) is 55.6 Å². The van der Waals surface area contributed by atoms with Gasteiger partial charge < -0.3 is 5.32 Å². The minimum atomic E-state index is -0.266. The number of benzene rings is 2. The molecule has 134 valence electrons. The largest absolute Gasteiger partial charge is 0.362 e. The molecule has 2 aromatic carbocycles. The molecule has 0 radical (unpaired) electrons. The number of rotatable bonds is 5. The summed E-state index contributed by atoms with van der Waals surface area (Å²) in [5.74, 6) is 0.418. The zero-order chi connectivity index (χ0) is 18.6. The molecule has 2 aromatic heterocycles. The number of halogens is 1. The Labute approximate surface area is 156 Å². The van der Waals surface area contributed by atoms with Crippen molar-refractivity contribution in [3.63, 3.8) is 0 Å². The van der Waals surface area contributed by atoms with Gasteiger partial charge >= 0.3 is 0 Å². The maximum Gasteiger partial charge on any atom is 0.149 e. The number of hydrogen-bond donors (Lipinski definition) is 1. The van der Waals surface area contributed by atoms with E-state index in [0.717, 1.165) is 16.8 Å². The van der Waals surface area contributed by atoms with Crippen LogP contribution >= 0.6 is 0 Å². The van der Waals surface area contributed by atoms with E-state index in [2.05, 4.69) is 39.7 Å². The third kappa shape index (κ3) is 3.84. The first-order valence-corrected chi connectivity index (χ1v) is 8.65. The van der Waals surface area contributed by atoms with Crippen molar-refractivity contribution >= 4 is 5.82 Å². The summed E-state index contributed by atoms with van der Waals surface area (Å²) in [7, 11) is 0. The van der Waals surface area contributed by atoms with Gasteiger partial charge in [0.05, 0.1) is 17.4 Å². The van der Waals surface area contributed by atoms with E-state index < -0.39 is 0 Å². The monoisotopic (exact) mass is 359 g/mol. The van der Waals surface area contributed by atoms with Crippen molar-refractivity contribution < 1.29 is 4.39 Å². The minimum Gasteiger partial charge on any atom is -0.362 e. The zero-order valence-electron chi connectivity index (χ0n) is 14.7. The lowest BCUT2D eigenvalue weighted by molar-refractivity contribution is 0.628. The van der Waals surface area contributed by atoms with Crippen LogP contribution in [-0.2, 0) is 0 Å². The first kappa shape index (κ1) is 16.9. The molecule has 2 heterocycles. The fourth-order valence-corrected chi connectivity index (χ4v) is 2.83. The van der Waals surface area contributed by atoms with Crippen molar-refractivity contribution in [2.45, 2.75) is 13.0 Å². The molecule has 0 aliphatic rings. The smallest absolute Gasteiger partial charge is 0.149 e. The Balaban J connectivity index is 1.44. The Morgan fingerprint density at radius 3 is 2.33 bits per heavy atom. The third-order valence-corrected chi connectivity index (χ3v) is 4.33. The van der Waals surface area contributed by atoms with Gasteiger partial charge in [-0.25, -0.2) is 9.07 Å². The molecule has 0 saturated heterocycles. The highest BCUT2D eigenvalue weighted by Crippen LogP contribution is 2.21. The molecule has 1 atom stereocenters. The first-order chi connectivity index (χ1) is 13.2. The van der Waals surface area contributed by atoms with Crippen LogP contribution in [0.15, 0.2) is 79.1 Å². The SMILES string of the molecule is CC(Nc1ccc(-c2ccc(F)cc2)nn1)c1ccc(-n2cccn2)cc1. The number of aromatic nitrogens is 4. The molecule has 5 nitrogen and oxygen atoms in total. The summed E-state index contributed by atoms with van der Waals surface area (Å²) in [6.07, 6.45) is 3.67. The highest BCUT2D eigenvalue weighted by molar-refractivity contribution is 5.59. The predicted octanol–water partition coefficient (Wildman–Crippen LogP) is 4.64. The molecule has 0 aliphatic carbocycles. The van der Waals surface area contributed by atoms with E-state index in [9.17, 15) is 4.39 Å². The van der Waals surface area contributed by atoms with Gasteiger partial charge in [0, 0.05) is 18.0 Å². The van der Waals surface area contributed by atoms with Crippen LogP contribution in [0.3, 0.4) is 0 Å². The molecule has 6 heteroatoms. The quantitative estimate of drug-likeness (QED) is 0.564. The second kappa shape index (κ2) is 7.37. The third-order valence-electron chi connectivity index (χ3n) is 4.33. The van der Waals surface area contributed by atoms with Crippen molar-refractivity contribution in [1.29, 1.82) is 0 Å². The first-order valence-electron chi connectivity index (χ1n) is 8.65. The molecular weight excluding hydrogens is 341 g/mol. The molecule has 0 spiro atoms. The fraction of sp³-hybridized carbons (Fsp3) is 0.0952. The Bertz CT molecular complexity index is 994. The van der Waals surface area contributed by atoms with Gasteiger partial charge in [-0.2, -0.15) is 5.10 Å². The Morgan fingerprint density at radius 2 is 1.70 bits per heavy atom.